The van der Waals surface area contributed by atoms with E-state index >= 15 is 0 Å². The van der Waals surface area contributed by atoms with E-state index in [2.05, 4.69) is 0 Å². The third-order valence-corrected chi connectivity index (χ3v) is 3.63. The lowest BCUT2D eigenvalue weighted by Crippen LogP contribution is -2.02. The first-order chi connectivity index (χ1) is 8.99. The summed E-state index contributed by atoms with van der Waals surface area (Å²) in [6.45, 7) is 4.01. The smallest absolute Gasteiger partial charge is 0.159 e. The molecule has 0 radical (unpaired) electrons. The Morgan fingerprint density at radius 1 is 1.00 bits per heavy atom. The monoisotopic (exact) mass is 280 g/mol. The van der Waals surface area contributed by atoms with Crippen LogP contribution in [0.15, 0.2) is 36.4 Å². The highest BCUT2D eigenvalue weighted by Crippen LogP contribution is 2.30. The van der Waals surface area contributed by atoms with E-state index in [0.29, 0.717) is 12.0 Å². The maximum atomic E-state index is 13.2. The highest BCUT2D eigenvalue weighted by molar-refractivity contribution is 6.21. The molecule has 0 saturated heterocycles. The predicted octanol–water partition coefficient (Wildman–Crippen LogP) is 5.10. The number of aryl methyl sites for hydroxylation is 2. The van der Waals surface area contributed by atoms with Crippen molar-refractivity contribution in [3.63, 3.8) is 0 Å². The van der Waals surface area contributed by atoms with Crippen LogP contribution in [0.5, 0.6) is 0 Å². The van der Waals surface area contributed by atoms with Gasteiger partial charge in [-0.1, -0.05) is 24.3 Å². The van der Waals surface area contributed by atoms with Crippen LogP contribution in [0.1, 0.15) is 27.6 Å². The molecule has 0 aliphatic heterocycles. The summed E-state index contributed by atoms with van der Waals surface area (Å²) in [6, 6.07) is 9.90. The largest absolute Gasteiger partial charge is 0.204 e. The second-order valence-corrected chi connectivity index (χ2v) is 5.25. The van der Waals surface area contributed by atoms with Crippen molar-refractivity contribution in [2.45, 2.75) is 25.6 Å². The Morgan fingerprint density at radius 2 is 1.63 bits per heavy atom. The highest BCUT2D eigenvalue weighted by Gasteiger charge is 2.14. The van der Waals surface area contributed by atoms with E-state index in [1.807, 2.05) is 32.0 Å². The molecule has 2 aromatic carbocycles. The van der Waals surface area contributed by atoms with Crippen molar-refractivity contribution in [3.05, 3.63) is 70.3 Å². The minimum Gasteiger partial charge on any atom is -0.204 e. The molecular formula is C16H15ClF2. The van der Waals surface area contributed by atoms with Gasteiger partial charge in [-0.25, -0.2) is 8.78 Å². The fraction of sp³-hybridized carbons (Fsp3) is 0.250. The molecular weight excluding hydrogens is 266 g/mol. The Labute approximate surface area is 117 Å². The fourth-order valence-corrected chi connectivity index (χ4v) is 2.82. The summed E-state index contributed by atoms with van der Waals surface area (Å²) < 4.78 is 26.1. The minimum absolute atomic E-state index is 0.244. The molecule has 0 heterocycles. The SMILES string of the molecule is Cc1cccc(C)c1C(Cl)Cc1ccc(F)c(F)c1. The average molecular weight is 281 g/mol. The van der Waals surface area contributed by atoms with Crippen LogP contribution in [0, 0.1) is 25.5 Å². The minimum atomic E-state index is -0.832. The van der Waals surface area contributed by atoms with Gasteiger partial charge in [0.15, 0.2) is 11.6 Å². The third kappa shape index (κ3) is 3.13. The fourth-order valence-electron chi connectivity index (χ4n) is 2.30. The number of benzene rings is 2. The summed E-state index contributed by atoms with van der Waals surface area (Å²) in [7, 11) is 0. The molecule has 0 amide bonds. The van der Waals surface area contributed by atoms with Crippen LogP contribution >= 0.6 is 11.6 Å². The lowest BCUT2D eigenvalue weighted by molar-refractivity contribution is 0.507. The Balaban J connectivity index is 2.25. The molecule has 100 valence electrons. The molecule has 0 aromatic heterocycles. The van der Waals surface area contributed by atoms with Gasteiger partial charge in [0, 0.05) is 0 Å². The molecule has 0 aliphatic carbocycles. The van der Waals surface area contributed by atoms with Gasteiger partial charge in [0.25, 0.3) is 0 Å². The van der Waals surface area contributed by atoms with Crippen molar-refractivity contribution < 1.29 is 8.78 Å². The Kier molecular flexibility index (Phi) is 4.20. The van der Waals surface area contributed by atoms with Crippen LogP contribution in [0.4, 0.5) is 8.78 Å². The number of rotatable bonds is 3. The van der Waals surface area contributed by atoms with Gasteiger partial charge in [-0.15, -0.1) is 11.6 Å². The van der Waals surface area contributed by atoms with Crippen molar-refractivity contribution in [1.82, 2.24) is 0 Å². The molecule has 0 saturated carbocycles. The molecule has 1 atom stereocenters. The first-order valence-electron chi connectivity index (χ1n) is 6.13. The van der Waals surface area contributed by atoms with E-state index in [-0.39, 0.29) is 5.38 Å². The number of halogens is 3. The van der Waals surface area contributed by atoms with Gasteiger partial charge in [-0.2, -0.15) is 0 Å². The molecule has 2 aromatic rings. The van der Waals surface area contributed by atoms with Crippen LogP contribution in [-0.2, 0) is 6.42 Å². The van der Waals surface area contributed by atoms with Gasteiger partial charge in [-0.3, -0.25) is 0 Å². The topological polar surface area (TPSA) is 0 Å². The molecule has 19 heavy (non-hydrogen) atoms. The zero-order chi connectivity index (χ0) is 14.0. The van der Waals surface area contributed by atoms with E-state index in [4.69, 9.17) is 11.6 Å². The number of alkyl halides is 1. The quantitative estimate of drug-likeness (QED) is 0.686. The maximum absolute atomic E-state index is 13.2. The first kappa shape index (κ1) is 14.0. The van der Waals surface area contributed by atoms with Gasteiger partial charge in [0.2, 0.25) is 0 Å². The number of hydrogen-bond donors (Lipinski definition) is 0. The van der Waals surface area contributed by atoms with Gasteiger partial charge in [0.05, 0.1) is 5.38 Å². The zero-order valence-corrected chi connectivity index (χ0v) is 11.6. The van der Waals surface area contributed by atoms with Gasteiger partial charge < -0.3 is 0 Å². The van der Waals surface area contributed by atoms with Crippen molar-refractivity contribution in [2.24, 2.45) is 0 Å². The van der Waals surface area contributed by atoms with Crippen LogP contribution < -0.4 is 0 Å². The Hall–Kier alpha value is -1.41. The van der Waals surface area contributed by atoms with Crippen molar-refractivity contribution in [1.29, 1.82) is 0 Å². The molecule has 0 aliphatic rings. The lowest BCUT2D eigenvalue weighted by atomic mass is 9.96. The van der Waals surface area contributed by atoms with Crippen LogP contribution in [0.2, 0.25) is 0 Å². The van der Waals surface area contributed by atoms with Crippen LogP contribution in [0.3, 0.4) is 0 Å². The van der Waals surface area contributed by atoms with E-state index in [1.54, 1.807) is 6.07 Å². The average Bonchev–Trinajstić information content (AvgIpc) is 2.33. The number of hydrogen-bond acceptors (Lipinski definition) is 0. The molecule has 0 bridgehead atoms. The van der Waals surface area contributed by atoms with Crippen molar-refractivity contribution in [3.8, 4) is 0 Å². The summed E-state index contributed by atoms with van der Waals surface area (Å²) in [5.74, 6) is -1.66. The van der Waals surface area contributed by atoms with Gasteiger partial charge in [0.1, 0.15) is 0 Å². The summed E-state index contributed by atoms with van der Waals surface area (Å²) >= 11 is 6.43. The molecule has 0 fully saturated rings. The highest BCUT2D eigenvalue weighted by atomic mass is 35.5. The Morgan fingerprint density at radius 3 is 2.21 bits per heavy atom. The molecule has 3 heteroatoms. The first-order valence-corrected chi connectivity index (χ1v) is 6.57. The van der Waals surface area contributed by atoms with E-state index in [1.165, 1.54) is 6.07 Å². The molecule has 0 nitrogen and oxygen atoms in total. The van der Waals surface area contributed by atoms with Gasteiger partial charge in [-0.05, 0) is 54.7 Å². The lowest BCUT2D eigenvalue weighted by Gasteiger charge is -2.16. The normalized spacial score (nSPS) is 12.5. The zero-order valence-electron chi connectivity index (χ0n) is 10.9. The second-order valence-electron chi connectivity index (χ2n) is 4.73. The summed E-state index contributed by atoms with van der Waals surface area (Å²) in [4.78, 5) is 0. The van der Waals surface area contributed by atoms with Crippen molar-refractivity contribution >= 4 is 11.6 Å². The second kappa shape index (κ2) is 5.70. The van der Waals surface area contributed by atoms with E-state index < -0.39 is 11.6 Å². The van der Waals surface area contributed by atoms with Crippen molar-refractivity contribution in [2.75, 3.05) is 0 Å². The predicted molar refractivity (Wildman–Crippen MR) is 74.6 cm³/mol. The summed E-state index contributed by atoms with van der Waals surface area (Å²) in [6.07, 6.45) is 0.477. The molecule has 1 unspecified atom stereocenters. The molecule has 2 rings (SSSR count). The van der Waals surface area contributed by atoms with Gasteiger partial charge >= 0.3 is 0 Å². The standard InChI is InChI=1S/C16H15ClF2/c1-10-4-3-5-11(2)16(10)13(17)8-12-6-7-14(18)15(19)9-12/h3-7,9,13H,8H2,1-2H3. The van der Waals surface area contributed by atoms with Crippen LogP contribution in [-0.4, -0.2) is 0 Å². The third-order valence-electron chi connectivity index (χ3n) is 3.25. The molecule has 0 spiro atoms. The summed E-state index contributed by atoms with van der Waals surface area (Å²) in [5.41, 5.74) is 3.99. The Bertz CT molecular complexity index is 573. The summed E-state index contributed by atoms with van der Waals surface area (Å²) in [5, 5.41) is -0.244. The maximum Gasteiger partial charge on any atom is 0.159 e. The van der Waals surface area contributed by atoms with Crippen LogP contribution in [0.25, 0.3) is 0 Å². The van der Waals surface area contributed by atoms with E-state index in [0.717, 1.165) is 22.8 Å². The molecule has 0 N–H and O–H groups in total. The van der Waals surface area contributed by atoms with E-state index in [9.17, 15) is 8.78 Å².